The number of hydrogen-bond acceptors (Lipinski definition) is 2. The molecular weight excluding hydrogens is 270 g/mol. The summed E-state index contributed by atoms with van der Waals surface area (Å²) in [6.07, 6.45) is 0. The van der Waals surface area contributed by atoms with Gasteiger partial charge in [0.15, 0.2) is 0 Å². The monoisotopic (exact) mass is 285 g/mol. The Morgan fingerprint density at radius 2 is 2.05 bits per heavy atom. The second-order valence-electron chi connectivity index (χ2n) is 4.93. The molecular formula is C16H16ClN3. The predicted octanol–water partition coefficient (Wildman–Crippen LogP) is 3.66. The van der Waals surface area contributed by atoms with Crippen LogP contribution in [0.5, 0.6) is 0 Å². The largest absolute Gasteiger partial charge is 0.327 e. The third-order valence-corrected chi connectivity index (χ3v) is 4.10. The number of aryl methyl sites for hydroxylation is 1. The molecule has 4 heteroatoms. The van der Waals surface area contributed by atoms with E-state index in [9.17, 15) is 0 Å². The fourth-order valence-electron chi connectivity index (χ4n) is 2.45. The third-order valence-electron chi connectivity index (χ3n) is 3.69. The van der Waals surface area contributed by atoms with Crippen LogP contribution >= 0.6 is 11.6 Å². The second-order valence-corrected chi connectivity index (χ2v) is 5.34. The van der Waals surface area contributed by atoms with Crippen molar-refractivity contribution < 1.29 is 0 Å². The summed E-state index contributed by atoms with van der Waals surface area (Å²) in [5.41, 5.74) is 11.0. The standard InChI is InChI=1S/C16H16ClN3/c1-10-12(4-3-5-13(10)17)16-19-14-7-6-11(9-18)8-15(14)20(16)2/h3-8H,9,18H2,1-2H3. The third kappa shape index (κ3) is 1.99. The molecule has 102 valence electrons. The van der Waals surface area contributed by atoms with Crippen LogP contribution in [0.1, 0.15) is 11.1 Å². The molecule has 0 unspecified atom stereocenters. The summed E-state index contributed by atoms with van der Waals surface area (Å²) in [5.74, 6) is 0.925. The van der Waals surface area contributed by atoms with E-state index in [-0.39, 0.29) is 0 Å². The fraction of sp³-hybridized carbons (Fsp3) is 0.188. The van der Waals surface area contributed by atoms with Crippen molar-refractivity contribution in [3.8, 4) is 11.4 Å². The van der Waals surface area contributed by atoms with Crippen LogP contribution in [-0.2, 0) is 13.6 Å². The van der Waals surface area contributed by atoms with Gasteiger partial charge in [0.1, 0.15) is 5.82 Å². The molecule has 2 aromatic carbocycles. The van der Waals surface area contributed by atoms with Gasteiger partial charge in [-0.3, -0.25) is 0 Å². The Morgan fingerprint density at radius 1 is 1.25 bits per heavy atom. The molecule has 0 aliphatic carbocycles. The summed E-state index contributed by atoms with van der Waals surface area (Å²) in [7, 11) is 2.02. The molecule has 20 heavy (non-hydrogen) atoms. The average molecular weight is 286 g/mol. The minimum atomic E-state index is 0.534. The van der Waals surface area contributed by atoms with Crippen molar-refractivity contribution in [1.82, 2.24) is 9.55 Å². The van der Waals surface area contributed by atoms with E-state index in [2.05, 4.69) is 10.6 Å². The minimum Gasteiger partial charge on any atom is -0.327 e. The van der Waals surface area contributed by atoms with E-state index in [1.165, 1.54) is 0 Å². The molecule has 0 aliphatic heterocycles. The molecule has 0 saturated heterocycles. The molecule has 3 nitrogen and oxygen atoms in total. The number of halogens is 1. The van der Waals surface area contributed by atoms with Gasteiger partial charge in [0, 0.05) is 24.2 Å². The number of benzene rings is 2. The van der Waals surface area contributed by atoms with Crippen molar-refractivity contribution in [1.29, 1.82) is 0 Å². The van der Waals surface area contributed by atoms with Crippen LogP contribution in [0.4, 0.5) is 0 Å². The van der Waals surface area contributed by atoms with Crippen molar-refractivity contribution in [2.75, 3.05) is 0 Å². The van der Waals surface area contributed by atoms with Gasteiger partial charge < -0.3 is 10.3 Å². The lowest BCUT2D eigenvalue weighted by atomic mass is 10.1. The van der Waals surface area contributed by atoms with Gasteiger partial charge in [-0.05, 0) is 36.2 Å². The molecule has 0 aliphatic rings. The summed E-state index contributed by atoms with van der Waals surface area (Å²) < 4.78 is 2.09. The second kappa shape index (κ2) is 4.93. The molecule has 3 rings (SSSR count). The minimum absolute atomic E-state index is 0.534. The van der Waals surface area contributed by atoms with Crippen molar-refractivity contribution in [2.45, 2.75) is 13.5 Å². The molecule has 1 heterocycles. The zero-order valence-electron chi connectivity index (χ0n) is 11.5. The maximum Gasteiger partial charge on any atom is 0.141 e. The van der Waals surface area contributed by atoms with E-state index in [0.717, 1.165) is 38.6 Å². The summed E-state index contributed by atoms with van der Waals surface area (Å²) in [6.45, 7) is 2.55. The topological polar surface area (TPSA) is 43.8 Å². The summed E-state index contributed by atoms with van der Waals surface area (Å²) in [5, 5.41) is 0.761. The molecule has 0 fully saturated rings. The maximum absolute atomic E-state index is 6.21. The van der Waals surface area contributed by atoms with Gasteiger partial charge in [-0.1, -0.05) is 29.8 Å². The number of nitrogens with zero attached hydrogens (tertiary/aromatic N) is 2. The van der Waals surface area contributed by atoms with E-state index < -0.39 is 0 Å². The molecule has 0 bridgehead atoms. The van der Waals surface area contributed by atoms with Crippen LogP contribution in [0, 0.1) is 6.92 Å². The smallest absolute Gasteiger partial charge is 0.141 e. The number of hydrogen-bond donors (Lipinski definition) is 1. The van der Waals surface area contributed by atoms with E-state index in [1.807, 2.05) is 44.3 Å². The van der Waals surface area contributed by atoms with Gasteiger partial charge in [-0.2, -0.15) is 0 Å². The van der Waals surface area contributed by atoms with Crippen molar-refractivity contribution in [3.63, 3.8) is 0 Å². The van der Waals surface area contributed by atoms with Crippen LogP contribution < -0.4 is 5.73 Å². The highest BCUT2D eigenvalue weighted by atomic mass is 35.5. The van der Waals surface area contributed by atoms with Gasteiger partial charge in [0.2, 0.25) is 0 Å². The van der Waals surface area contributed by atoms with Crippen molar-refractivity contribution in [3.05, 3.63) is 52.5 Å². The summed E-state index contributed by atoms with van der Waals surface area (Å²) >= 11 is 6.21. The molecule has 0 amide bonds. The lowest BCUT2D eigenvalue weighted by molar-refractivity contribution is 0.954. The Balaban J connectivity index is 2.27. The maximum atomic E-state index is 6.21. The molecule has 0 atom stereocenters. The molecule has 3 aromatic rings. The Morgan fingerprint density at radius 3 is 2.80 bits per heavy atom. The Kier molecular flexibility index (Phi) is 3.24. The summed E-state index contributed by atoms with van der Waals surface area (Å²) in [4.78, 5) is 4.72. The lowest BCUT2D eigenvalue weighted by Gasteiger charge is -2.07. The van der Waals surface area contributed by atoms with Crippen molar-refractivity contribution >= 4 is 22.6 Å². The molecule has 2 N–H and O–H groups in total. The number of aromatic nitrogens is 2. The number of rotatable bonds is 2. The first-order chi connectivity index (χ1) is 9.61. The van der Waals surface area contributed by atoms with Gasteiger partial charge in [-0.15, -0.1) is 0 Å². The number of nitrogens with two attached hydrogens (primary N) is 1. The first-order valence-electron chi connectivity index (χ1n) is 6.52. The van der Waals surface area contributed by atoms with Crippen LogP contribution in [0.25, 0.3) is 22.4 Å². The normalized spacial score (nSPS) is 11.2. The Hall–Kier alpha value is -1.84. The predicted molar refractivity (Wildman–Crippen MR) is 83.8 cm³/mol. The first kappa shape index (κ1) is 13.2. The van der Waals surface area contributed by atoms with Gasteiger partial charge in [-0.25, -0.2) is 4.98 Å². The quantitative estimate of drug-likeness (QED) is 0.781. The SMILES string of the molecule is Cc1c(Cl)cccc1-c1nc2ccc(CN)cc2n1C. The zero-order valence-corrected chi connectivity index (χ0v) is 12.3. The highest BCUT2D eigenvalue weighted by Gasteiger charge is 2.13. The Bertz CT molecular complexity index is 790. The average Bonchev–Trinajstić information content (AvgIpc) is 2.78. The van der Waals surface area contributed by atoms with Crippen LogP contribution in [0.2, 0.25) is 5.02 Å². The van der Waals surface area contributed by atoms with Crippen LogP contribution in [0.15, 0.2) is 36.4 Å². The highest BCUT2D eigenvalue weighted by molar-refractivity contribution is 6.31. The van der Waals surface area contributed by atoms with Crippen LogP contribution in [0.3, 0.4) is 0 Å². The van der Waals surface area contributed by atoms with Crippen LogP contribution in [-0.4, -0.2) is 9.55 Å². The Labute approximate surface area is 123 Å². The number of fused-ring (bicyclic) bond motifs is 1. The number of imidazole rings is 1. The van der Waals surface area contributed by atoms with E-state index in [0.29, 0.717) is 6.54 Å². The molecule has 0 spiro atoms. The fourth-order valence-corrected chi connectivity index (χ4v) is 2.63. The lowest BCUT2D eigenvalue weighted by Crippen LogP contribution is -1.97. The summed E-state index contributed by atoms with van der Waals surface area (Å²) in [6, 6.07) is 12.0. The van der Waals surface area contributed by atoms with Gasteiger partial charge in [0.25, 0.3) is 0 Å². The van der Waals surface area contributed by atoms with E-state index in [1.54, 1.807) is 0 Å². The molecule has 1 aromatic heterocycles. The zero-order chi connectivity index (χ0) is 14.3. The van der Waals surface area contributed by atoms with E-state index in [4.69, 9.17) is 22.3 Å². The van der Waals surface area contributed by atoms with Gasteiger partial charge in [0.05, 0.1) is 11.0 Å². The van der Waals surface area contributed by atoms with E-state index >= 15 is 0 Å². The molecule has 0 saturated carbocycles. The first-order valence-corrected chi connectivity index (χ1v) is 6.90. The van der Waals surface area contributed by atoms with Crippen molar-refractivity contribution in [2.24, 2.45) is 12.8 Å². The highest BCUT2D eigenvalue weighted by Crippen LogP contribution is 2.30. The van der Waals surface area contributed by atoms with Gasteiger partial charge >= 0.3 is 0 Å². The molecule has 0 radical (unpaired) electrons.